The summed E-state index contributed by atoms with van der Waals surface area (Å²) in [5, 5.41) is 15.2. The lowest BCUT2D eigenvalue weighted by atomic mass is 10.0. The van der Waals surface area contributed by atoms with Gasteiger partial charge in [0.1, 0.15) is 16.7 Å². The van der Waals surface area contributed by atoms with Crippen molar-refractivity contribution in [3.8, 4) is 5.75 Å². The van der Waals surface area contributed by atoms with Crippen LogP contribution in [-0.2, 0) is 11.3 Å². The molecule has 33 heavy (non-hydrogen) atoms. The fourth-order valence-electron chi connectivity index (χ4n) is 3.70. The van der Waals surface area contributed by atoms with Crippen LogP contribution < -0.4 is 10.1 Å². The molecule has 4 aromatic rings. The van der Waals surface area contributed by atoms with Gasteiger partial charge in [-0.05, 0) is 64.3 Å². The van der Waals surface area contributed by atoms with Crippen molar-refractivity contribution in [3.63, 3.8) is 0 Å². The van der Waals surface area contributed by atoms with E-state index in [-0.39, 0.29) is 5.91 Å². The average Bonchev–Trinajstić information content (AvgIpc) is 3.17. The largest absolute Gasteiger partial charge is 0.496 e. The number of aliphatic hydroxyl groups excluding tert-OH is 1. The van der Waals surface area contributed by atoms with Gasteiger partial charge in [-0.15, -0.1) is 11.3 Å². The molecular weight excluding hydrogens is 504 g/mol. The number of nitrogens with zero attached hydrogens (tertiary/aromatic N) is 1. The summed E-state index contributed by atoms with van der Waals surface area (Å²) >= 11 is 4.84. The van der Waals surface area contributed by atoms with Crippen molar-refractivity contribution < 1.29 is 19.4 Å². The first-order chi connectivity index (χ1) is 15.9. The number of amides is 1. The molecule has 0 spiro atoms. The number of rotatable bonds is 7. The van der Waals surface area contributed by atoms with Crippen LogP contribution in [0.15, 0.2) is 59.1 Å². The second kappa shape index (κ2) is 10.0. The summed E-state index contributed by atoms with van der Waals surface area (Å²) in [7, 11) is 3.21. The molecule has 8 heteroatoms. The maximum absolute atomic E-state index is 13.1. The van der Waals surface area contributed by atoms with E-state index in [1.165, 1.54) is 11.3 Å². The van der Waals surface area contributed by atoms with Gasteiger partial charge in [0.25, 0.3) is 5.91 Å². The van der Waals surface area contributed by atoms with Crippen molar-refractivity contribution in [2.45, 2.75) is 19.6 Å². The Morgan fingerprint density at radius 2 is 1.94 bits per heavy atom. The maximum atomic E-state index is 13.1. The van der Waals surface area contributed by atoms with Gasteiger partial charge in [-0.2, -0.15) is 0 Å². The lowest BCUT2D eigenvalue weighted by Gasteiger charge is -2.15. The Balaban J connectivity index is 1.87. The zero-order valence-electron chi connectivity index (χ0n) is 18.4. The molecule has 2 heterocycles. The Hall–Kier alpha value is -2.78. The van der Waals surface area contributed by atoms with Gasteiger partial charge in [0.2, 0.25) is 0 Å². The highest BCUT2D eigenvalue weighted by molar-refractivity contribution is 9.10. The minimum absolute atomic E-state index is 0.261. The van der Waals surface area contributed by atoms with E-state index in [2.05, 4.69) is 26.2 Å². The number of pyridine rings is 1. The summed E-state index contributed by atoms with van der Waals surface area (Å²) in [5.74, 6) is 0.406. The van der Waals surface area contributed by atoms with Gasteiger partial charge >= 0.3 is 0 Å². The van der Waals surface area contributed by atoms with E-state index in [1.807, 2.05) is 37.3 Å². The van der Waals surface area contributed by atoms with Crippen molar-refractivity contribution in [1.29, 1.82) is 0 Å². The van der Waals surface area contributed by atoms with E-state index in [0.717, 1.165) is 25.9 Å². The van der Waals surface area contributed by atoms with Crippen LogP contribution in [0.2, 0.25) is 0 Å². The second-order valence-corrected chi connectivity index (χ2v) is 9.38. The minimum atomic E-state index is -0.979. The van der Waals surface area contributed by atoms with Gasteiger partial charge in [0.15, 0.2) is 0 Å². The molecule has 0 unspecified atom stereocenters. The number of fused-ring (bicyclic) bond motifs is 1. The third kappa shape index (κ3) is 4.79. The number of thiophene rings is 1. The molecule has 2 aromatic heterocycles. The number of carbonyl (C=O) groups excluding carboxylic acids is 1. The molecule has 6 nitrogen and oxygen atoms in total. The molecule has 0 radical (unpaired) electrons. The van der Waals surface area contributed by atoms with Crippen molar-refractivity contribution in [2.24, 2.45) is 0 Å². The number of ether oxygens (including phenoxy) is 2. The zero-order chi connectivity index (χ0) is 23.5. The predicted octanol–water partition coefficient (Wildman–Crippen LogP) is 5.86. The van der Waals surface area contributed by atoms with Gasteiger partial charge < -0.3 is 19.9 Å². The average molecular weight is 527 g/mol. The van der Waals surface area contributed by atoms with E-state index in [4.69, 9.17) is 9.47 Å². The lowest BCUT2D eigenvalue weighted by molar-refractivity contribution is 0.102. The SMILES string of the molecule is COCc1cc(C)nc2sc([C@H](O)c3ccc(OC)c(Br)c3)c(NC(=O)c3ccccc3)c12. The van der Waals surface area contributed by atoms with E-state index in [1.54, 1.807) is 38.5 Å². The zero-order valence-corrected chi connectivity index (χ0v) is 20.8. The van der Waals surface area contributed by atoms with Crippen LogP contribution in [0.4, 0.5) is 5.69 Å². The topological polar surface area (TPSA) is 80.7 Å². The molecule has 2 aromatic carbocycles. The Morgan fingerprint density at radius 3 is 2.61 bits per heavy atom. The van der Waals surface area contributed by atoms with Crippen molar-refractivity contribution in [1.82, 2.24) is 4.98 Å². The Morgan fingerprint density at radius 1 is 1.18 bits per heavy atom. The number of methoxy groups -OCH3 is 2. The second-order valence-electron chi connectivity index (χ2n) is 7.49. The molecule has 0 aliphatic carbocycles. The van der Waals surface area contributed by atoms with Gasteiger partial charge in [-0.3, -0.25) is 4.79 Å². The number of anilines is 1. The number of halogens is 1. The monoisotopic (exact) mass is 526 g/mol. The van der Waals surface area contributed by atoms with Gasteiger partial charge in [0, 0.05) is 23.8 Å². The molecule has 0 aliphatic heterocycles. The van der Waals surface area contributed by atoms with Crippen molar-refractivity contribution >= 4 is 49.1 Å². The predicted molar refractivity (Wildman–Crippen MR) is 134 cm³/mol. The third-order valence-electron chi connectivity index (χ3n) is 5.21. The fourth-order valence-corrected chi connectivity index (χ4v) is 5.49. The molecule has 4 rings (SSSR count). The van der Waals surface area contributed by atoms with Crippen LogP contribution in [0.1, 0.15) is 38.2 Å². The molecule has 0 saturated heterocycles. The van der Waals surface area contributed by atoms with Crippen LogP contribution >= 0.6 is 27.3 Å². The smallest absolute Gasteiger partial charge is 0.255 e. The minimum Gasteiger partial charge on any atom is -0.496 e. The molecule has 0 aliphatic rings. The number of aromatic nitrogens is 1. The number of carbonyl (C=O) groups is 1. The highest BCUT2D eigenvalue weighted by atomic mass is 79.9. The first kappa shape index (κ1) is 23.4. The van der Waals surface area contributed by atoms with Crippen LogP contribution in [0, 0.1) is 6.92 Å². The van der Waals surface area contributed by atoms with Crippen LogP contribution in [-0.4, -0.2) is 30.2 Å². The standard InChI is InChI=1S/C25H23BrN2O4S/c1-14-11-17(13-31-2)20-21(28-24(30)15-7-5-4-6-8-15)23(33-25(20)27-14)22(29)16-9-10-19(32-3)18(26)12-16/h4-12,22,29H,13H2,1-3H3,(H,28,30)/t22-/m1/s1. The van der Waals surface area contributed by atoms with Gasteiger partial charge in [0.05, 0.1) is 28.8 Å². The number of benzene rings is 2. The maximum Gasteiger partial charge on any atom is 0.255 e. The Kier molecular flexibility index (Phi) is 7.09. The third-order valence-corrected chi connectivity index (χ3v) is 6.97. The summed E-state index contributed by atoms with van der Waals surface area (Å²) in [5.41, 5.74) is 3.47. The Bertz CT molecular complexity index is 1310. The van der Waals surface area contributed by atoms with E-state index >= 15 is 0 Å². The summed E-state index contributed by atoms with van der Waals surface area (Å²) in [6, 6.07) is 16.3. The quantitative estimate of drug-likeness (QED) is 0.315. The molecule has 0 fully saturated rings. The molecule has 0 saturated carbocycles. The fraction of sp³-hybridized carbons (Fsp3) is 0.200. The molecule has 170 valence electrons. The van der Waals surface area contributed by atoms with Crippen molar-refractivity contribution in [3.05, 3.63) is 86.3 Å². The van der Waals surface area contributed by atoms with Crippen LogP contribution in [0.25, 0.3) is 10.2 Å². The van der Waals surface area contributed by atoms with E-state index in [0.29, 0.717) is 34.0 Å². The molecule has 1 atom stereocenters. The molecule has 1 amide bonds. The summed E-state index contributed by atoms with van der Waals surface area (Å²) in [6.45, 7) is 2.27. The van der Waals surface area contributed by atoms with E-state index < -0.39 is 6.10 Å². The van der Waals surface area contributed by atoms with Gasteiger partial charge in [-0.1, -0.05) is 24.3 Å². The molecular formula is C25H23BrN2O4S. The molecule has 2 N–H and O–H groups in total. The highest BCUT2D eigenvalue weighted by Gasteiger charge is 2.25. The van der Waals surface area contributed by atoms with Crippen LogP contribution in [0.3, 0.4) is 0 Å². The normalized spacial score (nSPS) is 12.0. The van der Waals surface area contributed by atoms with E-state index in [9.17, 15) is 9.90 Å². The highest BCUT2D eigenvalue weighted by Crippen LogP contribution is 2.44. The first-order valence-corrected chi connectivity index (χ1v) is 11.8. The number of hydrogen-bond donors (Lipinski definition) is 2. The number of aryl methyl sites for hydroxylation is 1. The molecule has 0 bridgehead atoms. The van der Waals surface area contributed by atoms with Crippen molar-refractivity contribution in [2.75, 3.05) is 19.5 Å². The Labute approximate surface area is 204 Å². The van der Waals surface area contributed by atoms with Gasteiger partial charge in [-0.25, -0.2) is 4.98 Å². The number of nitrogens with one attached hydrogen (secondary N) is 1. The summed E-state index contributed by atoms with van der Waals surface area (Å²) in [6.07, 6.45) is -0.979. The summed E-state index contributed by atoms with van der Waals surface area (Å²) in [4.78, 5) is 19.1. The van der Waals surface area contributed by atoms with Crippen LogP contribution in [0.5, 0.6) is 5.75 Å². The summed E-state index contributed by atoms with van der Waals surface area (Å²) < 4.78 is 11.4. The number of aliphatic hydroxyl groups is 1. The lowest BCUT2D eigenvalue weighted by Crippen LogP contribution is -2.14. The number of hydrogen-bond acceptors (Lipinski definition) is 6. The first-order valence-electron chi connectivity index (χ1n) is 10.2.